The van der Waals surface area contributed by atoms with E-state index in [0.29, 0.717) is 5.69 Å². The van der Waals surface area contributed by atoms with Crippen molar-refractivity contribution in [3.63, 3.8) is 0 Å². The zero-order valence-corrected chi connectivity index (χ0v) is 13.0. The molecule has 0 unspecified atom stereocenters. The van der Waals surface area contributed by atoms with Gasteiger partial charge in [0.15, 0.2) is 0 Å². The zero-order chi connectivity index (χ0) is 17.6. The molecule has 0 spiro atoms. The van der Waals surface area contributed by atoms with Crippen molar-refractivity contribution in [2.45, 2.75) is 0 Å². The molecule has 6 nitrogen and oxygen atoms in total. The Bertz CT molecular complexity index is 1080. The molecule has 1 aliphatic heterocycles. The first kappa shape index (κ1) is 14.9. The number of anilines is 1. The SMILES string of the molecule is Nc1c2c(cc(=O)n1-c1cccc(-c3ccccc3)c1)C(=O)NC2=O. The summed E-state index contributed by atoms with van der Waals surface area (Å²) >= 11 is 0. The van der Waals surface area contributed by atoms with Crippen LogP contribution < -0.4 is 16.6 Å². The molecule has 0 atom stereocenters. The van der Waals surface area contributed by atoms with Crippen molar-refractivity contribution >= 4 is 17.6 Å². The Hall–Kier alpha value is -3.67. The van der Waals surface area contributed by atoms with Crippen molar-refractivity contribution in [2.75, 3.05) is 5.73 Å². The van der Waals surface area contributed by atoms with Gasteiger partial charge in [0.1, 0.15) is 5.82 Å². The number of nitrogens with zero attached hydrogens (tertiary/aromatic N) is 1. The normalized spacial score (nSPS) is 12.8. The van der Waals surface area contributed by atoms with E-state index in [1.807, 2.05) is 48.5 Å². The van der Waals surface area contributed by atoms with Gasteiger partial charge in [-0.1, -0.05) is 42.5 Å². The highest BCUT2D eigenvalue weighted by Crippen LogP contribution is 2.25. The number of hydrogen-bond acceptors (Lipinski definition) is 4. The predicted molar refractivity (Wildman–Crippen MR) is 93.7 cm³/mol. The van der Waals surface area contributed by atoms with Gasteiger partial charge in [-0.25, -0.2) is 0 Å². The van der Waals surface area contributed by atoms with Gasteiger partial charge in [0.25, 0.3) is 17.4 Å². The van der Waals surface area contributed by atoms with Gasteiger partial charge >= 0.3 is 0 Å². The van der Waals surface area contributed by atoms with E-state index in [2.05, 4.69) is 5.32 Å². The minimum Gasteiger partial charge on any atom is -0.384 e. The number of fused-ring (bicyclic) bond motifs is 1. The first-order valence-electron chi connectivity index (χ1n) is 7.63. The fourth-order valence-electron chi connectivity index (χ4n) is 3.00. The van der Waals surface area contributed by atoms with Gasteiger partial charge in [-0.3, -0.25) is 24.3 Å². The number of carbonyl (C=O) groups excluding carboxylic acids is 2. The summed E-state index contributed by atoms with van der Waals surface area (Å²) < 4.78 is 1.24. The summed E-state index contributed by atoms with van der Waals surface area (Å²) in [5, 5.41) is 2.16. The molecule has 0 saturated heterocycles. The highest BCUT2D eigenvalue weighted by Gasteiger charge is 2.31. The monoisotopic (exact) mass is 331 g/mol. The van der Waals surface area contributed by atoms with Crippen molar-refractivity contribution in [2.24, 2.45) is 0 Å². The Labute approximate surface area is 142 Å². The summed E-state index contributed by atoms with van der Waals surface area (Å²) in [5.74, 6) is -1.24. The summed E-state index contributed by atoms with van der Waals surface area (Å²) in [7, 11) is 0. The molecule has 2 aromatic carbocycles. The van der Waals surface area contributed by atoms with Gasteiger partial charge in [-0.05, 0) is 23.3 Å². The van der Waals surface area contributed by atoms with E-state index in [0.717, 1.165) is 17.2 Å². The van der Waals surface area contributed by atoms with Gasteiger partial charge in [0, 0.05) is 6.07 Å². The molecule has 122 valence electrons. The third-order valence-corrected chi connectivity index (χ3v) is 4.16. The lowest BCUT2D eigenvalue weighted by Gasteiger charge is -2.13. The lowest BCUT2D eigenvalue weighted by Crippen LogP contribution is -2.24. The molecule has 6 heteroatoms. The van der Waals surface area contributed by atoms with E-state index in [9.17, 15) is 14.4 Å². The molecule has 0 radical (unpaired) electrons. The lowest BCUT2D eigenvalue weighted by atomic mass is 10.0. The maximum absolute atomic E-state index is 12.5. The number of amides is 2. The smallest absolute Gasteiger partial charge is 0.262 e. The summed E-state index contributed by atoms with van der Waals surface area (Å²) in [6.07, 6.45) is 0. The van der Waals surface area contributed by atoms with E-state index >= 15 is 0 Å². The molecule has 2 amide bonds. The highest BCUT2D eigenvalue weighted by atomic mass is 16.2. The van der Waals surface area contributed by atoms with Gasteiger partial charge in [0.2, 0.25) is 0 Å². The Morgan fingerprint density at radius 1 is 0.800 bits per heavy atom. The van der Waals surface area contributed by atoms with Crippen LogP contribution >= 0.6 is 0 Å². The fourth-order valence-corrected chi connectivity index (χ4v) is 3.00. The van der Waals surface area contributed by atoms with Crippen molar-refractivity contribution in [1.29, 1.82) is 0 Å². The summed E-state index contributed by atoms with van der Waals surface area (Å²) in [6.45, 7) is 0. The average Bonchev–Trinajstić information content (AvgIpc) is 2.90. The molecule has 3 aromatic rings. The molecule has 0 fully saturated rings. The van der Waals surface area contributed by atoms with Crippen molar-refractivity contribution in [3.8, 4) is 16.8 Å². The fraction of sp³-hybridized carbons (Fsp3) is 0. The number of aromatic nitrogens is 1. The molecule has 0 bridgehead atoms. The second-order valence-corrected chi connectivity index (χ2v) is 5.69. The Morgan fingerprint density at radius 2 is 1.52 bits per heavy atom. The molecule has 2 heterocycles. The maximum atomic E-state index is 12.5. The molecule has 0 saturated carbocycles. The number of benzene rings is 2. The average molecular weight is 331 g/mol. The van der Waals surface area contributed by atoms with Gasteiger partial charge < -0.3 is 5.73 Å². The van der Waals surface area contributed by atoms with E-state index in [1.54, 1.807) is 6.07 Å². The largest absolute Gasteiger partial charge is 0.384 e. The van der Waals surface area contributed by atoms with Gasteiger partial charge in [-0.15, -0.1) is 0 Å². The van der Waals surface area contributed by atoms with Crippen LogP contribution in [0.25, 0.3) is 16.8 Å². The lowest BCUT2D eigenvalue weighted by molar-refractivity contribution is 0.0880. The Morgan fingerprint density at radius 3 is 2.28 bits per heavy atom. The molecule has 25 heavy (non-hydrogen) atoms. The maximum Gasteiger partial charge on any atom is 0.262 e. The first-order chi connectivity index (χ1) is 12.1. The highest BCUT2D eigenvalue weighted by molar-refractivity contribution is 6.23. The molecule has 3 N–H and O–H groups in total. The number of imide groups is 1. The summed E-state index contributed by atoms with van der Waals surface area (Å²) in [5.41, 5.74) is 8.07. The standard InChI is InChI=1S/C19H13N3O3/c20-17-16-14(18(24)21-19(16)25)10-15(23)22(17)13-8-4-7-12(9-13)11-5-2-1-3-6-11/h1-10H,20H2,(H,21,24,25). The molecule has 4 rings (SSSR count). The van der Waals surface area contributed by atoms with E-state index in [4.69, 9.17) is 5.73 Å². The second-order valence-electron chi connectivity index (χ2n) is 5.69. The zero-order valence-electron chi connectivity index (χ0n) is 13.0. The Kier molecular flexibility index (Phi) is 3.25. The molecule has 1 aromatic heterocycles. The van der Waals surface area contributed by atoms with Crippen LogP contribution in [-0.4, -0.2) is 16.4 Å². The number of rotatable bonds is 2. The van der Waals surface area contributed by atoms with Crippen LogP contribution in [0.4, 0.5) is 5.82 Å². The van der Waals surface area contributed by atoms with Crippen LogP contribution in [-0.2, 0) is 0 Å². The molecular weight excluding hydrogens is 318 g/mol. The summed E-state index contributed by atoms with van der Waals surface area (Å²) in [6, 6.07) is 18.1. The van der Waals surface area contributed by atoms with Crippen molar-refractivity contribution in [1.82, 2.24) is 9.88 Å². The minimum atomic E-state index is -0.603. The number of nitrogen functional groups attached to an aromatic ring is 1. The molecular formula is C19H13N3O3. The van der Waals surface area contributed by atoms with Crippen LogP contribution in [0, 0.1) is 0 Å². The van der Waals surface area contributed by atoms with Crippen LogP contribution in [0.1, 0.15) is 20.7 Å². The topological polar surface area (TPSA) is 94.2 Å². The van der Waals surface area contributed by atoms with Crippen molar-refractivity contribution in [3.05, 3.63) is 82.1 Å². The third-order valence-electron chi connectivity index (χ3n) is 4.16. The van der Waals surface area contributed by atoms with Crippen LogP contribution in [0.3, 0.4) is 0 Å². The predicted octanol–water partition coefficient (Wildman–Crippen LogP) is 1.97. The number of carbonyl (C=O) groups is 2. The van der Waals surface area contributed by atoms with E-state index < -0.39 is 17.4 Å². The van der Waals surface area contributed by atoms with Gasteiger partial charge in [-0.2, -0.15) is 0 Å². The quantitative estimate of drug-likeness (QED) is 0.702. The third kappa shape index (κ3) is 2.31. The summed E-state index contributed by atoms with van der Waals surface area (Å²) in [4.78, 5) is 36.2. The van der Waals surface area contributed by atoms with E-state index in [1.165, 1.54) is 4.57 Å². The van der Waals surface area contributed by atoms with Crippen LogP contribution in [0.2, 0.25) is 0 Å². The molecule has 1 aliphatic rings. The van der Waals surface area contributed by atoms with Crippen molar-refractivity contribution < 1.29 is 9.59 Å². The van der Waals surface area contributed by atoms with Crippen LogP contribution in [0.5, 0.6) is 0 Å². The van der Waals surface area contributed by atoms with Crippen LogP contribution in [0.15, 0.2) is 65.5 Å². The van der Waals surface area contributed by atoms with E-state index in [-0.39, 0.29) is 16.9 Å². The first-order valence-corrected chi connectivity index (χ1v) is 7.63. The number of nitrogens with one attached hydrogen (secondary N) is 1. The number of hydrogen-bond donors (Lipinski definition) is 2. The number of nitrogens with two attached hydrogens (primary N) is 1. The van der Waals surface area contributed by atoms with Gasteiger partial charge in [0.05, 0.1) is 16.8 Å². The molecule has 0 aliphatic carbocycles. The number of pyridine rings is 1. The second kappa shape index (κ2) is 5.45. The Balaban J connectivity index is 1.93. The minimum absolute atomic E-state index is 0.0166.